The normalized spacial score (nSPS) is 18.7. The third kappa shape index (κ3) is 3.27. The molecule has 150 valence electrons. The van der Waals surface area contributed by atoms with Crippen LogP contribution in [0.3, 0.4) is 0 Å². The summed E-state index contributed by atoms with van der Waals surface area (Å²) in [5.74, 6) is 0. The smallest absolute Gasteiger partial charge is 0.261 e. The van der Waals surface area contributed by atoms with Gasteiger partial charge in [0.2, 0.25) is 0 Å². The van der Waals surface area contributed by atoms with Crippen LogP contribution in [0, 0.1) is 0 Å². The van der Waals surface area contributed by atoms with Crippen molar-refractivity contribution in [1.29, 1.82) is 0 Å². The molecule has 0 unspecified atom stereocenters. The van der Waals surface area contributed by atoms with Crippen LogP contribution in [0.15, 0.2) is 66.0 Å². The Kier molecular flexibility index (Phi) is 4.78. The van der Waals surface area contributed by atoms with Gasteiger partial charge in [-0.25, -0.2) is 9.97 Å². The molecule has 1 aliphatic heterocycles. The van der Waals surface area contributed by atoms with Crippen LogP contribution in [0.2, 0.25) is 5.02 Å². The van der Waals surface area contributed by atoms with Gasteiger partial charge >= 0.3 is 0 Å². The molecule has 0 amide bonds. The molecule has 0 radical (unpaired) electrons. The number of ether oxygens (including phenoxy) is 1. The molecule has 0 spiro atoms. The van der Waals surface area contributed by atoms with Gasteiger partial charge in [-0.15, -0.1) is 0 Å². The van der Waals surface area contributed by atoms with Gasteiger partial charge in [-0.2, -0.15) is 0 Å². The number of hydrogen-bond donors (Lipinski definition) is 1. The van der Waals surface area contributed by atoms with E-state index in [0.29, 0.717) is 27.3 Å². The van der Waals surface area contributed by atoms with Crippen LogP contribution in [0.25, 0.3) is 33.4 Å². The zero-order valence-corrected chi connectivity index (χ0v) is 16.5. The summed E-state index contributed by atoms with van der Waals surface area (Å²) in [6.45, 7) is 0.460. The monoisotopic (exact) mass is 420 g/mol. The second kappa shape index (κ2) is 7.60. The van der Waals surface area contributed by atoms with E-state index in [1.807, 2.05) is 24.3 Å². The van der Waals surface area contributed by atoms with E-state index in [4.69, 9.17) is 21.3 Å². The molecule has 1 aromatic carbocycles. The van der Waals surface area contributed by atoms with E-state index < -0.39 is 12.1 Å². The van der Waals surface area contributed by atoms with Crippen molar-refractivity contribution >= 4 is 22.5 Å². The minimum atomic E-state index is -0.752. The Morgan fingerprint density at radius 2 is 1.97 bits per heavy atom. The molecule has 4 heterocycles. The Morgan fingerprint density at radius 3 is 2.67 bits per heavy atom. The third-order valence-corrected chi connectivity index (χ3v) is 5.47. The molecule has 0 aliphatic carbocycles. The van der Waals surface area contributed by atoms with Crippen molar-refractivity contribution in [2.75, 3.05) is 13.2 Å². The predicted molar refractivity (Wildman–Crippen MR) is 113 cm³/mol. The van der Waals surface area contributed by atoms with Crippen molar-refractivity contribution < 1.29 is 9.84 Å². The van der Waals surface area contributed by atoms with Crippen LogP contribution in [0.4, 0.5) is 0 Å². The van der Waals surface area contributed by atoms with E-state index in [9.17, 15) is 9.90 Å². The van der Waals surface area contributed by atoms with Gasteiger partial charge in [-0.1, -0.05) is 23.7 Å². The Labute approximate surface area is 176 Å². The van der Waals surface area contributed by atoms with Gasteiger partial charge in [0, 0.05) is 28.5 Å². The van der Waals surface area contributed by atoms with Crippen LogP contribution >= 0.6 is 11.6 Å². The number of fused-ring (bicyclic) bond motifs is 1. The van der Waals surface area contributed by atoms with Gasteiger partial charge in [-0.3, -0.25) is 14.3 Å². The summed E-state index contributed by atoms with van der Waals surface area (Å²) in [6, 6.07) is 12.2. The molecule has 0 saturated carbocycles. The van der Waals surface area contributed by atoms with Gasteiger partial charge < -0.3 is 9.84 Å². The Morgan fingerprint density at radius 1 is 1.13 bits per heavy atom. The predicted octanol–water partition coefficient (Wildman–Crippen LogP) is 3.11. The van der Waals surface area contributed by atoms with Gasteiger partial charge in [0.15, 0.2) is 0 Å². The van der Waals surface area contributed by atoms with Gasteiger partial charge in [0.25, 0.3) is 5.56 Å². The average molecular weight is 421 g/mol. The molecule has 30 heavy (non-hydrogen) atoms. The molecule has 8 heteroatoms. The van der Waals surface area contributed by atoms with E-state index in [-0.39, 0.29) is 18.8 Å². The maximum atomic E-state index is 13.4. The number of rotatable bonds is 3. The van der Waals surface area contributed by atoms with E-state index in [2.05, 4.69) is 9.97 Å². The summed E-state index contributed by atoms with van der Waals surface area (Å²) >= 11 is 6.03. The van der Waals surface area contributed by atoms with E-state index in [0.717, 1.165) is 11.1 Å². The summed E-state index contributed by atoms with van der Waals surface area (Å²) in [6.07, 6.45) is 4.07. The minimum Gasteiger partial charge on any atom is -0.388 e. The zero-order chi connectivity index (χ0) is 20.7. The standard InChI is InChI=1S/C22H17ClN4O3/c23-15-5-3-13(4-6-15)17-8-16-21(20(26-17)14-2-1-7-24-9-14)25-12-27(22(16)29)18-10-30-11-19(18)28/h1-9,12,18-19,28H,10-11H2/t18-,19+/m1/s1. The fraction of sp³-hybridized carbons (Fsp3) is 0.182. The number of aliphatic hydroxyl groups excluding tert-OH is 1. The van der Waals surface area contributed by atoms with E-state index >= 15 is 0 Å². The zero-order valence-electron chi connectivity index (χ0n) is 15.8. The molecule has 2 atom stereocenters. The summed E-state index contributed by atoms with van der Waals surface area (Å²) in [7, 11) is 0. The van der Waals surface area contributed by atoms with Crippen molar-refractivity contribution in [3.8, 4) is 22.5 Å². The number of hydrogen-bond acceptors (Lipinski definition) is 6. The molecule has 1 fully saturated rings. The third-order valence-electron chi connectivity index (χ3n) is 5.22. The molecule has 1 N–H and O–H groups in total. The van der Waals surface area contributed by atoms with Crippen LogP contribution in [0.5, 0.6) is 0 Å². The fourth-order valence-corrected chi connectivity index (χ4v) is 3.78. The summed E-state index contributed by atoms with van der Waals surface area (Å²) in [5, 5.41) is 11.2. The fourth-order valence-electron chi connectivity index (χ4n) is 3.65. The van der Waals surface area contributed by atoms with Gasteiger partial charge in [-0.05, 0) is 30.3 Å². The highest BCUT2D eigenvalue weighted by Crippen LogP contribution is 2.29. The van der Waals surface area contributed by atoms with Gasteiger partial charge in [0.1, 0.15) is 11.6 Å². The Hall–Kier alpha value is -3.13. The molecule has 5 rings (SSSR count). The second-order valence-electron chi connectivity index (χ2n) is 7.13. The molecule has 4 aromatic rings. The van der Waals surface area contributed by atoms with Crippen molar-refractivity contribution in [1.82, 2.24) is 19.5 Å². The first-order chi connectivity index (χ1) is 14.6. The molecular formula is C22H17ClN4O3. The minimum absolute atomic E-state index is 0.197. The maximum Gasteiger partial charge on any atom is 0.261 e. The first-order valence-electron chi connectivity index (χ1n) is 9.46. The second-order valence-corrected chi connectivity index (χ2v) is 7.57. The first-order valence-corrected chi connectivity index (χ1v) is 9.83. The van der Waals surface area contributed by atoms with Crippen molar-refractivity contribution in [2.24, 2.45) is 0 Å². The molecule has 3 aromatic heterocycles. The Bertz CT molecular complexity index is 1280. The van der Waals surface area contributed by atoms with Crippen LogP contribution in [-0.4, -0.2) is 43.9 Å². The Balaban J connectivity index is 1.78. The summed E-state index contributed by atoms with van der Waals surface area (Å²) < 4.78 is 6.76. The number of aromatic nitrogens is 4. The van der Waals surface area contributed by atoms with Crippen LogP contribution < -0.4 is 5.56 Å². The number of aliphatic hydroxyl groups is 1. The lowest BCUT2D eigenvalue weighted by molar-refractivity contribution is 0.119. The highest BCUT2D eigenvalue weighted by Gasteiger charge is 2.29. The summed E-state index contributed by atoms with van der Waals surface area (Å²) in [5.41, 5.74) is 3.00. The number of benzene rings is 1. The quantitative estimate of drug-likeness (QED) is 0.547. The number of nitrogens with zero attached hydrogens (tertiary/aromatic N) is 4. The summed E-state index contributed by atoms with van der Waals surface area (Å²) in [4.78, 5) is 26.9. The topological polar surface area (TPSA) is 90.1 Å². The highest BCUT2D eigenvalue weighted by molar-refractivity contribution is 6.30. The molecule has 0 bridgehead atoms. The lowest BCUT2D eigenvalue weighted by Gasteiger charge is -2.17. The highest BCUT2D eigenvalue weighted by atomic mass is 35.5. The van der Waals surface area contributed by atoms with E-state index in [1.54, 1.807) is 30.6 Å². The molecular weight excluding hydrogens is 404 g/mol. The largest absolute Gasteiger partial charge is 0.388 e. The van der Waals surface area contributed by atoms with Crippen molar-refractivity contribution in [2.45, 2.75) is 12.1 Å². The van der Waals surface area contributed by atoms with Crippen LogP contribution in [0.1, 0.15) is 6.04 Å². The first kappa shape index (κ1) is 18.9. The SMILES string of the molecule is O=c1c2cc(-c3ccc(Cl)cc3)nc(-c3cccnc3)c2ncn1[C@@H]1COC[C@@H]1O. The molecule has 7 nitrogen and oxygen atoms in total. The maximum absolute atomic E-state index is 13.4. The average Bonchev–Trinajstić information content (AvgIpc) is 3.20. The number of halogens is 1. The molecule has 1 saturated heterocycles. The van der Waals surface area contributed by atoms with Gasteiger partial charge in [0.05, 0.1) is 42.4 Å². The molecule has 1 aliphatic rings. The number of pyridine rings is 2. The van der Waals surface area contributed by atoms with E-state index in [1.165, 1.54) is 10.9 Å². The van der Waals surface area contributed by atoms with Crippen LogP contribution in [-0.2, 0) is 4.74 Å². The van der Waals surface area contributed by atoms with Crippen molar-refractivity contribution in [3.05, 3.63) is 76.6 Å². The van der Waals surface area contributed by atoms with Crippen molar-refractivity contribution in [3.63, 3.8) is 0 Å². The lowest BCUT2D eigenvalue weighted by atomic mass is 10.1. The lowest BCUT2D eigenvalue weighted by Crippen LogP contribution is -2.32.